The third kappa shape index (κ3) is 4.28. The van der Waals surface area contributed by atoms with Crippen LogP contribution in [0.25, 0.3) is 17.4 Å². The van der Waals surface area contributed by atoms with Crippen molar-refractivity contribution in [3.8, 4) is 11.3 Å². The Kier molecular flexibility index (Phi) is 5.19. The lowest BCUT2D eigenvalue weighted by atomic mass is 10.1. The number of hydrogen-bond acceptors (Lipinski definition) is 2. The molecule has 0 unspecified atom stereocenters. The molecule has 0 aliphatic heterocycles. The molecule has 0 bridgehead atoms. The Morgan fingerprint density at radius 3 is 2.40 bits per heavy atom. The van der Waals surface area contributed by atoms with Gasteiger partial charge in [-0.1, -0.05) is 46.3 Å². The lowest BCUT2D eigenvalue weighted by Gasteiger charge is -2.10. The van der Waals surface area contributed by atoms with E-state index in [9.17, 15) is 4.79 Å². The number of carbonyl (C=O) groups excluding carboxylic acids is 1. The van der Waals surface area contributed by atoms with Gasteiger partial charge in [0.2, 0.25) is 5.91 Å². The highest BCUT2D eigenvalue weighted by molar-refractivity contribution is 9.10. The molecule has 0 saturated heterocycles. The molecule has 0 atom stereocenters. The van der Waals surface area contributed by atoms with Crippen LogP contribution in [0.2, 0.25) is 0 Å². The summed E-state index contributed by atoms with van der Waals surface area (Å²) in [5, 5.41) is 2.93. The van der Waals surface area contributed by atoms with Crippen LogP contribution in [0.1, 0.15) is 16.9 Å². The molecule has 1 amide bonds. The summed E-state index contributed by atoms with van der Waals surface area (Å²) in [6, 6.07) is 17.6. The normalized spacial score (nSPS) is 11.0. The van der Waals surface area contributed by atoms with Crippen LogP contribution in [-0.4, -0.2) is 5.91 Å². The van der Waals surface area contributed by atoms with Crippen LogP contribution in [0.15, 0.2) is 69.6 Å². The van der Waals surface area contributed by atoms with Crippen LogP contribution in [0, 0.1) is 13.8 Å². The molecule has 3 nitrogen and oxygen atoms in total. The zero-order chi connectivity index (χ0) is 17.8. The monoisotopic (exact) mass is 395 g/mol. The van der Waals surface area contributed by atoms with Gasteiger partial charge in [0.15, 0.2) is 0 Å². The van der Waals surface area contributed by atoms with Crippen molar-refractivity contribution in [3.63, 3.8) is 0 Å². The van der Waals surface area contributed by atoms with Crippen molar-refractivity contribution in [2.24, 2.45) is 0 Å². The van der Waals surface area contributed by atoms with Gasteiger partial charge in [0.25, 0.3) is 0 Å². The van der Waals surface area contributed by atoms with Crippen molar-refractivity contribution in [1.29, 1.82) is 0 Å². The van der Waals surface area contributed by atoms with E-state index in [1.54, 1.807) is 6.08 Å². The van der Waals surface area contributed by atoms with Gasteiger partial charge in [0, 0.05) is 21.8 Å². The molecule has 0 saturated carbocycles. The first kappa shape index (κ1) is 17.2. The van der Waals surface area contributed by atoms with E-state index >= 15 is 0 Å². The SMILES string of the molecule is Cc1cc(Br)cc(C)c1NC(=O)/C=C/c1ccc(-c2ccccc2)o1. The summed E-state index contributed by atoms with van der Waals surface area (Å²) in [7, 11) is 0. The molecular formula is C21H18BrNO2. The van der Waals surface area contributed by atoms with Crippen molar-refractivity contribution < 1.29 is 9.21 Å². The maximum atomic E-state index is 12.2. The Bertz CT molecular complexity index is 903. The van der Waals surface area contributed by atoms with Gasteiger partial charge in [-0.25, -0.2) is 0 Å². The summed E-state index contributed by atoms with van der Waals surface area (Å²) in [6.07, 6.45) is 3.15. The molecule has 0 aliphatic rings. The minimum atomic E-state index is -0.189. The highest BCUT2D eigenvalue weighted by Crippen LogP contribution is 2.25. The zero-order valence-electron chi connectivity index (χ0n) is 14.0. The van der Waals surface area contributed by atoms with Crippen molar-refractivity contribution in [2.45, 2.75) is 13.8 Å². The maximum Gasteiger partial charge on any atom is 0.248 e. The number of rotatable bonds is 4. The summed E-state index contributed by atoms with van der Waals surface area (Å²) in [5.74, 6) is 1.23. The predicted octanol–water partition coefficient (Wildman–Crippen LogP) is 5.98. The summed E-state index contributed by atoms with van der Waals surface area (Å²) in [5.41, 5.74) is 3.87. The maximum absolute atomic E-state index is 12.2. The van der Waals surface area contributed by atoms with Crippen LogP contribution < -0.4 is 5.32 Å². The van der Waals surface area contributed by atoms with Crippen LogP contribution in [0.3, 0.4) is 0 Å². The van der Waals surface area contributed by atoms with Crippen LogP contribution in [-0.2, 0) is 4.79 Å². The largest absolute Gasteiger partial charge is 0.457 e. The van der Waals surface area contributed by atoms with Gasteiger partial charge in [-0.2, -0.15) is 0 Å². The van der Waals surface area contributed by atoms with E-state index < -0.39 is 0 Å². The molecule has 1 aromatic heterocycles. The number of amides is 1. The number of aryl methyl sites for hydroxylation is 2. The lowest BCUT2D eigenvalue weighted by molar-refractivity contribution is -0.111. The third-order valence-electron chi connectivity index (χ3n) is 3.83. The Morgan fingerprint density at radius 2 is 1.72 bits per heavy atom. The van der Waals surface area contributed by atoms with E-state index in [4.69, 9.17) is 4.42 Å². The van der Waals surface area contributed by atoms with Gasteiger partial charge in [-0.3, -0.25) is 4.79 Å². The van der Waals surface area contributed by atoms with E-state index in [0.29, 0.717) is 5.76 Å². The first-order valence-electron chi connectivity index (χ1n) is 7.94. The first-order chi connectivity index (χ1) is 12.0. The average Bonchev–Trinajstić information content (AvgIpc) is 3.06. The number of carbonyl (C=O) groups is 1. The predicted molar refractivity (Wildman–Crippen MR) is 105 cm³/mol. The molecule has 25 heavy (non-hydrogen) atoms. The highest BCUT2D eigenvalue weighted by Gasteiger charge is 2.07. The molecule has 0 fully saturated rings. The topological polar surface area (TPSA) is 42.2 Å². The number of benzene rings is 2. The standard InChI is InChI=1S/C21H18BrNO2/c1-14-12-17(22)13-15(2)21(14)23-20(24)11-9-18-8-10-19(25-18)16-6-4-3-5-7-16/h3-13H,1-2H3,(H,23,24)/b11-9+. The van der Waals surface area contributed by atoms with E-state index in [0.717, 1.165) is 32.6 Å². The molecule has 0 aliphatic carbocycles. The van der Waals surface area contributed by atoms with Crippen molar-refractivity contribution in [3.05, 3.63) is 82.0 Å². The fourth-order valence-electron chi connectivity index (χ4n) is 2.63. The molecule has 0 radical (unpaired) electrons. The molecule has 0 spiro atoms. The number of anilines is 1. The van der Waals surface area contributed by atoms with Gasteiger partial charge in [0.05, 0.1) is 0 Å². The van der Waals surface area contributed by atoms with Crippen LogP contribution in [0.5, 0.6) is 0 Å². The molecule has 3 aromatic rings. The van der Waals surface area contributed by atoms with E-state index in [1.807, 2.05) is 68.4 Å². The Labute approximate surface area is 155 Å². The average molecular weight is 396 g/mol. The Morgan fingerprint density at radius 1 is 1.04 bits per heavy atom. The smallest absolute Gasteiger partial charge is 0.248 e. The van der Waals surface area contributed by atoms with Crippen LogP contribution in [0.4, 0.5) is 5.69 Å². The summed E-state index contributed by atoms with van der Waals surface area (Å²) in [4.78, 5) is 12.2. The third-order valence-corrected chi connectivity index (χ3v) is 4.29. The Balaban J connectivity index is 1.71. The van der Waals surface area contributed by atoms with Crippen molar-refractivity contribution in [2.75, 3.05) is 5.32 Å². The summed E-state index contributed by atoms with van der Waals surface area (Å²) < 4.78 is 6.76. The minimum Gasteiger partial charge on any atom is -0.457 e. The second-order valence-corrected chi connectivity index (χ2v) is 6.72. The number of halogens is 1. The second kappa shape index (κ2) is 7.53. The lowest BCUT2D eigenvalue weighted by Crippen LogP contribution is -2.10. The fourth-order valence-corrected chi connectivity index (χ4v) is 3.32. The number of hydrogen-bond donors (Lipinski definition) is 1. The number of furan rings is 1. The van der Waals surface area contributed by atoms with Crippen LogP contribution >= 0.6 is 15.9 Å². The zero-order valence-corrected chi connectivity index (χ0v) is 15.6. The molecule has 3 rings (SSSR count). The van der Waals surface area contributed by atoms with Gasteiger partial charge >= 0.3 is 0 Å². The fraction of sp³-hybridized carbons (Fsp3) is 0.0952. The molecule has 1 N–H and O–H groups in total. The second-order valence-electron chi connectivity index (χ2n) is 5.81. The van der Waals surface area contributed by atoms with Gasteiger partial charge in [-0.05, 0) is 55.3 Å². The Hall–Kier alpha value is -2.59. The van der Waals surface area contributed by atoms with E-state index in [1.165, 1.54) is 6.08 Å². The summed E-state index contributed by atoms with van der Waals surface area (Å²) >= 11 is 3.46. The molecule has 126 valence electrons. The van der Waals surface area contributed by atoms with Crippen molar-refractivity contribution in [1.82, 2.24) is 0 Å². The van der Waals surface area contributed by atoms with Gasteiger partial charge in [0.1, 0.15) is 11.5 Å². The highest BCUT2D eigenvalue weighted by atomic mass is 79.9. The summed E-state index contributed by atoms with van der Waals surface area (Å²) in [6.45, 7) is 3.94. The van der Waals surface area contributed by atoms with E-state index in [-0.39, 0.29) is 5.91 Å². The number of nitrogens with one attached hydrogen (secondary N) is 1. The first-order valence-corrected chi connectivity index (χ1v) is 8.73. The van der Waals surface area contributed by atoms with Gasteiger partial charge in [-0.15, -0.1) is 0 Å². The molecule has 1 heterocycles. The molecule has 4 heteroatoms. The van der Waals surface area contributed by atoms with Crippen molar-refractivity contribution >= 4 is 33.6 Å². The van der Waals surface area contributed by atoms with E-state index in [2.05, 4.69) is 21.2 Å². The quantitative estimate of drug-likeness (QED) is 0.552. The molecular weight excluding hydrogens is 378 g/mol. The molecule has 2 aromatic carbocycles. The minimum absolute atomic E-state index is 0.189. The van der Waals surface area contributed by atoms with Gasteiger partial charge < -0.3 is 9.73 Å².